The summed E-state index contributed by atoms with van der Waals surface area (Å²) in [6.45, 7) is 2.59. The minimum atomic E-state index is -0.0859. The summed E-state index contributed by atoms with van der Waals surface area (Å²) in [5.74, 6) is 0.686. The first-order valence-corrected chi connectivity index (χ1v) is 8.85. The topological polar surface area (TPSA) is 38.3 Å². The van der Waals surface area contributed by atoms with Crippen LogP contribution in [0.15, 0.2) is 84.9 Å². The van der Waals surface area contributed by atoms with Gasteiger partial charge < -0.3 is 10.1 Å². The standard InChI is InChI=1S/C23H23NO2/c1-18(20-10-6-3-7-11-20)24-23(25)21-12-14-22(15-13-21)26-17-16-19-8-4-2-5-9-19/h2-15,18H,16-17H2,1H3,(H,24,25). The van der Waals surface area contributed by atoms with Crippen LogP contribution >= 0.6 is 0 Å². The summed E-state index contributed by atoms with van der Waals surface area (Å²) in [6.07, 6.45) is 0.859. The molecule has 3 rings (SSSR count). The van der Waals surface area contributed by atoms with Gasteiger partial charge >= 0.3 is 0 Å². The number of amides is 1. The molecule has 1 N–H and O–H groups in total. The van der Waals surface area contributed by atoms with Crippen molar-refractivity contribution in [2.24, 2.45) is 0 Å². The number of rotatable bonds is 7. The first kappa shape index (κ1) is 17.7. The number of carbonyl (C=O) groups excluding carboxylic acids is 1. The highest BCUT2D eigenvalue weighted by Crippen LogP contribution is 2.15. The van der Waals surface area contributed by atoms with Crippen LogP contribution < -0.4 is 10.1 Å². The first-order chi connectivity index (χ1) is 12.7. The van der Waals surface area contributed by atoms with Gasteiger partial charge in [-0.15, -0.1) is 0 Å². The highest BCUT2D eigenvalue weighted by atomic mass is 16.5. The molecule has 0 spiro atoms. The van der Waals surface area contributed by atoms with E-state index >= 15 is 0 Å². The SMILES string of the molecule is CC(NC(=O)c1ccc(OCCc2ccccc2)cc1)c1ccccc1. The van der Waals surface area contributed by atoms with Gasteiger partial charge in [0.2, 0.25) is 0 Å². The molecule has 0 heterocycles. The first-order valence-electron chi connectivity index (χ1n) is 8.85. The van der Waals surface area contributed by atoms with Gasteiger partial charge in [0, 0.05) is 12.0 Å². The Balaban J connectivity index is 1.51. The van der Waals surface area contributed by atoms with E-state index in [1.807, 2.05) is 67.6 Å². The third kappa shape index (κ3) is 4.96. The van der Waals surface area contributed by atoms with Gasteiger partial charge in [0.15, 0.2) is 0 Å². The van der Waals surface area contributed by atoms with Crippen molar-refractivity contribution < 1.29 is 9.53 Å². The van der Waals surface area contributed by atoms with Crippen molar-refractivity contribution in [1.82, 2.24) is 5.32 Å². The number of ether oxygens (including phenoxy) is 1. The summed E-state index contributed by atoms with van der Waals surface area (Å²) < 4.78 is 5.76. The lowest BCUT2D eigenvalue weighted by Crippen LogP contribution is -2.26. The monoisotopic (exact) mass is 345 g/mol. The lowest BCUT2D eigenvalue weighted by atomic mass is 10.1. The molecule has 0 aliphatic heterocycles. The molecular formula is C23H23NO2. The summed E-state index contributed by atoms with van der Waals surface area (Å²) in [6, 6.07) is 27.4. The highest BCUT2D eigenvalue weighted by Gasteiger charge is 2.11. The molecule has 0 aliphatic carbocycles. The van der Waals surface area contributed by atoms with E-state index in [9.17, 15) is 4.79 Å². The minimum Gasteiger partial charge on any atom is -0.493 e. The molecule has 0 saturated carbocycles. The largest absolute Gasteiger partial charge is 0.493 e. The van der Waals surface area contributed by atoms with E-state index in [1.54, 1.807) is 12.1 Å². The molecular weight excluding hydrogens is 322 g/mol. The molecule has 0 fully saturated rings. The molecule has 0 aliphatic rings. The van der Waals surface area contributed by atoms with E-state index in [4.69, 9.17) is 4.74 Å². The summed E-state index contributed by atoms with van der Waals surface area (Å²) in [5.41, 5.74) is 2.96. The van der Waals surface area contributed by atoms with Crippen LogP contribution in [-0.2, 0) is 6.42 Å². The summed E-state index contributed by atoms with van der Waals surface area (Å²) in [7, 11) is 0. The number of carbonyl (C=O) groups is 1. The Kier molecular flexibility index (Phi) is 6.05. The fourth-order valence-corrected chi connectivity index (χ4v) is 2.74. The molecule has 3 aromatic rings. The third-order valence-electron chi connectivity index (χ3n) is 4.27. The van der Waals surface area contributed by atoms with Crippen molar-refractivity contribution >= 4 is 5.91 Å². The summed E-state index contributed by atoms with van der Waals surface area (Å²) in [5, 5.41) is 3.02. The fraction of sp³-hybridized carbons (Fsp3) is 0.174. The zero-order valence-corrected chi connectivity index (χ0v) is 14.9. The van der Waals surface area contributed by atoms with E-state index < -0.39 is 0 Å². The van der Waals surface area contributed by atoms with Gasteiger partial charge in [-0.25, -0.2) is 0 Å². The van der Waals surface area contributed by atoms with Gasteiger partial charge in [0.1, 0.15) is 5.75 Å². The second kappa shape index (κ2) is 8.86. The van der Waals surface area contributed by atoms with Crippen LogP contribution in [0.2, 0.25) is 0 Å². The number of nitrogens with one attached hydrogen (secondary N) is 1. The molecule has 1 atom stereocenters. The molecule has 3 aromatic carbocycles. The Hall–Kier alpha value is -3.07. The lowest BCUT2D eigenvalue weighted by Gasteiger charge is -2.14. The number of hydrogen-bond acceptors (Lipinski definition) is 2. The Morgan fingerprint density at radius 3 is 2.15 bits per heavy atom. The van der Waals surface area contributed by atoms with Crippen LogP contribution in [0.1, 0.15) is 34.5 Å². The molecule has 0 radical (unpaired) electrons. The predicted molar refractivity (Wildman–Crippen MR) is 104 cm³/mol. The van der Waals surface area contributed by atoms with Crippen LogP contribution in [0.25, 0.3) is 0 Å². The Morgan fingerprint density at radius 2 is 1.50 bits per heavy atom. The van der Waals surface area contributed by atoms with E-state index in [1.165, 1.54) is 5.56 Å². The quantitative estimate of drug-likeness (QED) is 0.668. The van der Waals surface area contributed by atoms with Gasteiger partial charge in [-0.1, -0.05) is 60.7 Å². The van der Waals surface area contributed by atoms with Gasteiger partial charge in [0.05, 0.1) is 12.6 Å². The number of benzene rings is 3. The maximum absolute atomic E-state index is 12.4. The van der Waals surface area contributed by atoms with Crippen LogP contribution in [0.3, 0.4) is 0 Å². The van der Waals surface area contributed by atoms with E-state index in [-0.39, 0.29) is 11.9 Å². The lowest BCUT2D eigenvalue weighted by molar-refractivity contribution is 0.0940. The summed E-state index contributed by atoms with van der Waals surface area (Å²) >= 11 is 0. The van der Waals surface area contributed by atoms with Gasteiger partial charge in [0.25, 0.3) is 5.91 Å². The molecule has 0 bridgehead atoms. The van der Waals surface area contributed by atoms with Crippen LogP contribution in [-0.4, -0.2) is 12.5 Å². The number of hydrogen-bond donors (Lipinski definition) is 1. The second-order valence-corrected chi connectivity index (χ2v) is 6.21. The zero-order valence-electron chi connectivity index (χ0n) is 14.9. The molecule has 0 aromatic heterocycles. The molecule has 3 nitrogen and oxygen atoms in total. The minimum absolute atomic E-state index is 0.0366. The van der Waals surface area contributed by atoms with Gasteiger partial charge in [-0.05, 0) is 42.3 Å². The Bertz CT molecular complexity index is 814. The average molecular weight is 345 g/mol. The second-order valence-electron chi connectivity index (χ2n) is 6.21. The third-order valence-corrected chi connectivity index (χ3v) is 4.27. The maximum Gasteiger partial charge on any atom is 0.251 e. The van der Waals surface area contributed by atoms with Crippen molar-refractivity contribution in [3.8, 4) is 5.75 Å². The van der Waals surface area contributed by atoms with Crippen molar-refractivity contribution in [1.29, 1.82) is 0 Å². The van der Waals surface area contributed by atoms with Gasteiger partial charge in [-0.2, -0.15) is 0 Å². The Labute approximate surface area is 154 Å². The van der Waals surface area contributed by atoms with E-state index in [2.05, 4.69) is 17.4 Å². The van der Waals surface area contributed by atoms with Crippen molar-refractivity contribution in [2.75, 3.05) is 6.61 Å². The normalized spacial score (nSPS) is 11.6. The van der Waals surface area contributed by atoms with Crippen LogP contribution in [0.5, 0.6) is 5.75 Å². The highest BCUT2D eigenvalue weighted by molar-refractivity contribution is 5.94. The van der Waals surface area contributed by atoms with Crippen LogP contribution in [0.4, 0.5) is 0 Å². The van der Waals surface area contributed by atoms with E-state index in [0.717, 1.165) is 17.7 Å². The van der Waals surface area contributed by atoms with Crippen LogP contribution in [0, 0.1) is 0 Å². The molecule has 3 heteroatoms. The average Bonchev–Trinajstić information content (AvgIpc) is 2.70. The van der Waals surface area contributed by atoms with E-state index in [0.29, 0.717) is 12.2 Å². The van der Waals surface area contributed by atoms with Gasteiger partial charge in [-0.3, -0.25) is 4.79 Å². The zero-order chi connectivity index (χ0) is 18.2. The predicted octanol–water partition coefficient (Wildman–Crippen LogP) is 4.80. The van der Waals surface area contributed by atoms with Crippen molar-refractivity contribution in [3.05, 3.63) is 102 Å². The van der Waals surface area contributed by atoms with Crippen molar-refractivity contribution in [3.63, 3.8) is 0 Å². The molecule has 26 heavy (non-hydrogen) atoms. The molecule has 132 valence electrons. The smallest absolute Gasteiger partial charge is 0.251 e. The summed E-state index contributed by atoms with van der Waals surface area (Å²) in [4.78, 5) is 12.4. The fourth-order valence-electron chi connectivity index (χ4n) is 2.74. The molecule has 0 saturated heterocycles. The molecule has 1 unspecified atom stereocenters. The van der Waals surface area contributed by atoms with Crippen molar-refractivity contribution in [2.45, 2.75) is 19.4 Å². The molecule has 1 amide bonds. The Morgan fingerprint density at radius 1 is 0.885 bits per heavy atom. The maximum atomic E-state index is 12.4.